The Labute approximate surface area is 212 Å². The maximum absolute atomic E-state index is 13.4. The van der Waals surface area contributed by atoms with Crippen molar-refractivity contribution in [2.75, 3.05) is 23.3 Å². The first-order valence-corrected chi connectivity index (χ1v) is 12.8. The molecule has 182 valence electrons. The molecule has 3 amide bonds. The van der Waals surface area contributed by atoms with Crippen LogP contribution in [-0.4, -0.2) is 36.1 Å². The van der Waals surface area contributed by atoms with E-state index in [1.807, 2.05) is 61.5 Å². The van der Waals surface area contributed by atoms with Gasteiger partial charge in [0.1, 0.15) is 21.2 Å². The molecule has 4 heterocycles. The van der Waals surface area contributed by atoms with E-state index in [0.29, 0.717) is 26.8 Å². The van der Waals surface area contributed by atoms with Gasteiger partial charge >= 0.3 is 6.03 Å². The summed E-state index contributed by atoms with van der Waals surface area (Å²) in [6.45, 7) is 3.64. The minimum atomic E-state index is -0.318. The van der Waals surface area contributed by atoms with Gasteiger partial charge in [0.25, 0.3) is 5.91 Å². The fourth-order valence-corrected chi connectivity index (χ4v) is 5.74. The summed E-state index contributed by atoms with van der Waals surface area (Å²) in [5, 5.41) is 10.2. The van der Waals surface area contributed by atoms with Crippen LogP contribution in [0.1, 0.15) is 28.1 Å². The van der Waals surface area contributed by atoms with Gasteiger partial charge in [-0.1, -0.05) is 18.2 Å². The topological polar surface area (TPSA) is 95.6 Å². The van der Waals surface area contributed by atoms with E-state index in [-0.39, 0.29) is 18.0 Å². The second-order valence-electron chi connectivity index (χ2n) is 8.97. The molecule has 1 saturated heterocycles. The molecule has 0 saturated carbocycles. The largest absolute Gasteiger partial charge is 0.457 e. The second-order valence-corrected chi connectivity index (χ2v) is 9.97. The van der Waals surface area contributed by atoms with Crippen LogP contribution in [0.3, 0.4) is 0 Å². The lowest BCUT2D eigenvalue weighted by molar-refractivity contribution is 0.0935. The van der Waals surface area contributed by atoms with E-state index in [2.05, 4.69) is 20.9 Å². The van der Waals surface area contributed by atoms with Crippen LogP contribution in [0, 0.1) is 6.92 Å². The third kappa shape index (κ3) is 4.06. The molecule has 4 aromatic rings. The summed E-state index contributed by atoms with van der Waals surface area (Å²) in [7, 11) is 0. The lowest BCUT2D eigenvalue weighted by Crippen LogP contribution is -2.45. The number of para-hydroxylation sites is 1. The highest BCUT2D eigenvalue weighted by molar-refractivity contribution is 7.21. The Bertz CT molecular complexity index is 1450. The van der Waals surface area contributed by atoms with Gasteiger partial charge in [-0.05, 0) is 68.3 Å². The number of thiophene rings is 1. The zero-order valence-corrected chi connectivity index (χ0v) is 20.5. The lowest BCUT2D eigenvalue weighted by atomic mass is 10.1. The number of nitrogens with zero attached hydrogens (tertiary/aromatic N) is 2. The highest BCUT2D eigenvalue weighted by Gasteiger charge is 2.34. The van der Waals surface area contributed by atoms with E-state index in [0.717, 1.165) is 48.3 Å². The van der Waals surface area contributed by atoms with Gasteiger partial charge < -0.3 is 20.7 Å². The molecular weight excluding hydrogens is 474 g/mol. The number of nitrogens with one attached hydrogen (secondary N) is 3. The normalized spacial score (nSPS) is 17.1. The van der Waals surface area contributed by atoms with Crippen LogP contribution < -0.4 is 25.6 Å². The van der Waals surface area contributed by atoms with Gasteiger partial charge in [0.05, 0.1) is 22.4 Å². The number of pyridine rings is 1. The van der Waals surface area contributed by atoms with Gasteiger partial charge in [0.2, 0.25) is 0 Å². The Hall–Kier alpha value is -3.95. The summed E-state index contributed by atoms with van der Waals surface area (Å²) in [6.07, 6.45) is 3.71. The van der Waals surface area contributed by atoms with Gasteiger partial charge in [-0.25, -0.2) is 9.78 Å². The Kier molecular flexibility index (Phi) is 5.79. The van der Waals surface area contributed by atoms with Crippen molar-refractivity contribution in [3.8, 4) is 11.5 Å². The van der Waals surface area contributed by atoms with Crippen LogP contribution in [0.15, 0.2) is 60.8 Å². The number of piperidine rings is 1. The first kappa shape index (κ1) is 22.5. The number of carbonyl (C=O) groups is 2. The van der Waals surface area contributed by atoms with E-state index < -0.39 is 0 Å². The van der Waals surface area contributed by atoms with Gasteiger partial charge in [-0.2, -0.15) is 0 Å². The smallest absolute Gasteiger partial charge is 0.331 e. The van der Waals surface area contributed by atoms with Gasteiger partial charge in [0.15, 0.2) is 0 Å². The molecule has 0 unspecified atom stereocenters. The molecule has 0 bridgehead atoms. The highest BCUT2D eigenvalue weighted by Crippen LogP contribution is 2.47. The van der Waals surface area contributed by atoms with Crippen molar-refractivity contribution in [3.63, 3.8) is 0 Å². The maximum Gasteiger partial charge on any atom is 0.331 e. The van der Waals surface area contributed by atoms with E-state index in [4.69, 9.17) is 4.74 Å². The van der Waals surface area contributed by atoms with E-state index in [1.54, 1.807) is 11.1 Å². The highest BCUT2D eigenvalue weighted by atomic mass is 32.1. The zero-order chi connectivity index (χ0) is 24.6. The summed E-state index contributed by atoms with van der Waals surface area (Å²) < 4.78 is 5.90. The number of ether oxygens (including phenoxy) is 1. The van der Waals surface area contributed by atoms with Crippen LogP contribution in [0.25, 0.3) is 10.2 Å². The Balaban J connectivity index is 1.34. The summed E-state index contributed by atoms with van der Waals surface area (Å²) in [5.41, 5.74) is 2.82. The van der Waals surface area contributed by atoms with Crippen molar-refractivity contribution >= 4 is 50.6 Å². The fourth-order valence-electron chi connectivity index (χ4n) is 4.74. The number of aryl methyl sites for hydroxylation is 1. The van der Waals surface area contributed by atoms with Crippen LogP contribution in [0.2, 0.25) is 0 Å². The predicted octanol–water partition coefficient (Wildman–Crippen LogP) is 5.56. The molecule has 0 spiro atoms. The molecule has 0 aliphatic carbocycles. The quantitative estimate of drug-likeness (QED) is 0.334. The summed E-state index contributed by atoms with van der Waals surface area (Å²) in [5.74, 6) is 1.23. The number of hydrogen-bond donors (Lipinski definition) is 3. The van der Waals surface area contributed by atoms with Crippen molar-refractivity contribution < 1.29 is 14.3 Å². The molecule has 2 aromatic heterocycles. The van der Waals surface area contributed by atoms with Crippen molar-refractivity contribution in [1.29, 1.82) is 0 Å². The lowest BCUT2D eigenvalue weighted by Gasteiger charge is -2.30. The van der Waals surface area contributed by atoms with Gasteiger partial charge in [0, 0.05) is 18.8 Å². The van der Waals surface area contributed by atoms with Crippen molar-refractivity contribution in [2.24, 2.45) is 0 Å². The number of amides is 3. The standard InChI is InChI=1S/C27H25N5O3S/c1-16-14-29-26-21-22(24(36-26)25(33)30-17-6-5-13-28-15-17)31-27(34)32(23(16)21)18-9-11-20(12-10-18)35-19-7-3-2-4-8-19/h2-4,7-12,14,17,28H,5-6,13,15H2,1H3,(H,30,33)(H,31,34)/t17-/m1/s1. The Morgan fingerprint density at radius 2 is 1.92 bits per heavy atom. The zero-order valence-electron chi connectivity index (χ0n) is 19.7. The predicted molar refractivity (Wildman–Crippen MR) is 142 cm³/mol. The first-order chi connectivity index (χ1) is 17.6. The molecule has 2 aromatic carbocycles. The first-order valence-electron chi connectivity index (χ1n) is 12.0. The summed E-state index contributed by atoms with van der Waals surface area (Å²) >= 11 is 1.31. The number of aromatic nitrogens is 1. The molecule has 2 aliphatic heterocycles. The van der Waals surface area contributed by atoms with E-state index in [9.17, 15) is 9.59 Å². The fraction of sp³-hybridized carbons (Fsp3) is 0.222. The molecular formula is C27H25N5O3S. The molecule has 2 aliphatic rings. The SMILES string of the molecule is Cc1cnc2sc(C(=O)N[C@@H]3CCCNC3)c3c2c1N(c1ccc(Oc2ccccc2)cc1)C(=O)N3. The van der Waals surface area contributed by atoms with Gasteiger partial charge in [-0.3, -0.25) is 9.69 Å². The van der Waals surface area contributed by atoms with E-state index >= 15 is 0 Å². The number of benzene rings is 2. The number of anilines is 3. The molecule has 1 fully saturated rings. The third-order valence-corrected chi connectivity index (χ3v) is 7.54. The Morgan fingerprint density at radius 1 is 1.14 bits per heavy atom. The number of urea groups is 1. The molecule has 0 radical (unpaired) electrons. The third-order valence-electron chi connectivity index (χ3n) is 6.45. The number of carbonyl (C=O) groups excluding carboxylic acids is 2. The minimum Gasteiger partial charge on any atom is -0.457 e. The monoisotopic (exact) mass is 499 g/mol. The molecule has 36 heavy (non-hydrogen) atoms. The molecule has 3 N–H and O–H groups in total. The molecule has 6 rings (SSSR count). The van der Waals surface area contributed by atoms with Crippen molar-refractivity contribution in [1.82, 2.24) is 15.6 Å². The van der Waals surface area contributed by atoms with Crippen molar-refractivity contribution in [3.05, 3.63) is 71.2 Å². The number of hydrogen-bond acceptors (Lipinski definition) is 6. The van der Waals surface area contributed by atoms with Crippen LogP contribution in [0.4, 0.5) is 21.9 Å². The molecule has 9 heteroatoms. The average molecular weight is 500 g/mol. The molecule has 8 nitrogen and oxygen atoms in total. The van der Waals surface area contributed by atoms with Crippen molar-refractivity contribution in [2.45, 2.75) is 25.8 Å². The number of rotatable bonds is 5. The summed E-state index contributed by atoms with van der Waals surface area (Å²) in [4.78, 5) is 34.0. The molecule has 1 atom stereocenters. The van der Waals surface area contributed by atoms with E-state index in [1.165, 1.54) is 11.3 Å². The van der Waals surface area contributed by atoms with Gasteiger partial charge in [-0.15, -0.1) is 11.3 Å². The van der Waals surface area contributed by atoms with Crippen LogP contribution >= 0.6 is 11.3 Å². The minimum absolute atomic E-state index is 0.0743. The Morgan fingerprint density at radius 3 is 2.67 bits per heavy atom. The second kappa shape index (κ2) is 9.25. The van der Waals surface area contributed by atoms with Crippen LogP contribution in [-0.2, 0) is 0 Å². The maximum atomic E-state index is 13.4. The van der Waals surface area contributed by atoms with Crippen LogP contribution in [0.5, 0.6) is 11.5 Å². The average Bonchev–Trinajstić information content (AvgIpc) is 3.27. The summed E-state index contributed by atoms with van der Waals surface area (Å²) in [6, 6.07) is 16.7.